The van der Waals surface area contributed by atoms with Gasteiger partial charge in [0.25, 0.3) is 0 Å². The number of nitro groups is 1. The van der Waals surface area contributed by atoms with Crippen LogP contribution in [0.3, 0.4) is 0 Å². The van der Waals surface area contributed by atoms with E-state index in [-0.39, 0.29) is 17.8 Å². The van der Waals surface area contributed by atoms with E-state index < -0.39 is 10.6 Å². The zero-order valence-electron chi connectivity index (χ0n) is 11.3. The molecule has 0 fully saturated rings. The van der Waals surface area contributed by atoms with Gasteiger partial charge in [0.1, 0.15) is 6.20 Å². The van der Waals surface area contributed by atoms with Crippen LogP contribution in [0.1, 0.15) is 20.8 Å². The van der Waals surface area contributed by atoms with Crippen molar-refractivity contribution >= 4 is 5.69 Å². The molecule has 0 aliphatic carbocycles. The van der Waals surface area contributed by atoms with Crippen LogP contribution in [0.4, 0.5) is 5.69 Å². The Bertz CT molecular complexity index is 543. The van der Waals surface area contributed by atoms with Crippen LogP contribution in [-0.4, -0.2) is 26.6 Å². The summed E-state index contributed by atoms with van der Waals surface area (Å²) in [7, 11) is 0. The highest BCUT2D eigenvalue weighted by atomic mass is 16.6. The lowest BCUT2D eigenvalue weighted by molar-refractivity contribution is -0.385. The SMILES string of the molecule is C=C(CNC(C)(C)C)Cn1cc([N+](=O)[O-])cnc1=O. The van der Waals surface area contributed by atoms with Gasteiger partial charge in [-0.15, -0.1) is 0 Å². The maximum atomic E-state index is 11.5. The first-order valence-electron chi connectivity index (χ1n) is 5.81. The van der Waals surface area contributed by atoms with E-state index in [2.05, 4.69) is 16.9 Å². The van der Waals surface area contributed by atoms with Gasteiger partial charge in [-0.05, 0) is 26.3 Å². The molecule has 1 rings (SSSR count). The normalized spacial score (nSPS) is 11.3. The first-order chi connectivity index (χ1) is 8.69. The van der Waals surface area contributed by atoms with E-state index in [4.69, 9.17) is 0 Å². The molecule has 1 aromatic rings. The second-order valence-electron chi connectivity index (χ2n) is 5.33. The molecule has 7 heteroatoms. The fourth-order valence-electron chi connectivity index (χ4n) is 1.34. The molecular formula is C12H18N4O3. The number of hydrogen-bond donors (Lipinski definition) is 1. The fraction of sp³-hybridized carbons (Fsp3) is 0.500. The molecule has 0 radical (unpaired) electrons. The van der Waals surface area contributed by atoms with Crippen molar-refractivity contribution < 1.29 is 4.92 Å². The van der Waals surface area contributed by atoms with Gasteiger partial charge in [0.05, 0.1) is 11.1 Å². The first kappa shape index (κ1) is 15.0. The predicted octanol–water partition coefficient (Wildman–Crippen LogP) is 1.10. The van der Waals surface area contributed by atoms with Crippen LogP contribution in [0, 0.1) is 10.1 Å². The van der Waals surface area contributed by atoms with E-state index in [1.54, 1.807) is 0 Å². The van der Waals surface area contributed by atoms with E-state index in [9.17, 15) is 14.9 Å². The molecule has 0 spiro atoms. The Hall–Kier alpha value is -2.02. The fourth-order valence-corrected chi connectivity index (χ4v) is 1.34. The lowest BCUT2D eigenvalue weighted by Gasteiger charge is -2.21. The van der Waals surface area contributed by atoms with Crippen molar-refractivity contribution in [1.29, 1.82) is 0 Å². The summed E-state index contributed by atoms with van der Waals surface area (Å²) < 4.78 is 1.19. The molecule has 7 nitrogen and oxygen atoms in total. The third kappa shape index (κ3) is 5.01. The largest absolute Gasteiger partial charge is 0.348 e. The summed E-state index contributed by atoms with van der Waals surface area (Å²) in [6, 6.07) is 0. The molecule has 0 unspecified atom stereocenters. The highest BCUT2D eigenvalue weighted by Crippen LogP contribution is 2.06. The van der Waals surface area contributed by atoms with Gasteiger partial charge in [0, 0.05) is 18.6 Å². The third-order valence-corrected chi connectivity index (χ3v) is 2.31. The van der Waals surface area contributed by atoms with E-state index >= 15 is 0 Å². The number of nitrogens with zero attached hydrogens (tertiary/aromatic N) is 3. The molecule has 0 aromatic carbocycles. The summed E-state index contributed by atoms with van der Waals surface area (Å²) >= 11 is 0. The standard InChI is InChI=1S/C12H18N4O3/c1-9(5-14-12(2,3)4)7-15-8-10(16(18)19)6-13-11(15)17/h6,8,14H,1,5,7H2,2-4H3. The highest BCUT2D eigenvalue weighted by Gasteiger charge is 2.11. The number of rotatable bonds is 5. The smallest absolute Gasteiger partial charge is 0.308 e. The van der Waals surface area contributed by atoms with Crippen LogP contribution in [0.5, 0.6) is 0 Å². The Kier molecular flexibility index (Phi) is 4.55. The molecule has 0 saturated heterocycles. The topological polar surface area (TPSA) is 90.1 Å². The molecule has 0 amide bonds. The van der Waals surface area contributed by atoms with Crippen LogP contribution in [0.2, 0.25) is 0 Å². The van der Waals surface area contributed by atoms with Crippen LogP contribution in [-0.2, 0) is 6.54 Å². The van der Waals surface area contributed by atoms with Gasteiger partial charge in [-0.1, -0.05) is 6.58 Å². The summed E-state index contributed by atoms with van der Waals surface area (Å²) in [5.74, 6) is 0. The van der Waals surface area contributed by atoms with Crippen molar-refractivity contribution in [2.24, 2.45) is 0 Å². The molecule has 1 N–H and O–H groups in total. The van der Waals surface area contributed by atoms with Gasteiger partial charge < -0.3 is 5.32 Å². The highest BCUT2D eigenvalue weighted by molar-refractivity contribution is 5.20. The molecule has 1 aromatic heterocycles. The van der Waals surface area contributed by atoms with Gasteiger partial charge in [-0.3, -0.25) is 14.7 Å². The van der Waals surface area contributed by atoms with Crippen molar-refractivity contribution in [2.75, 3.05) is 6.54 Å². The van der Waals surface area contributed by atoms with Crippen molar-refractivity contribution in [3.05, 3.63) is 45.1 Å². The summed E-state index contributed by atoms with van der Waals surface area (Å²) in [5, 5.41) is 13.9. The van der Waals surface area contributed by atoms with Crippen LogP contribution in [0.25, 0.3) is 0 Å². The second kappa shape index (κ2) is 5.75. The minimum absolute atomic E-state index is 0.0607. The van der Waals surface area contributed by atoms with Crippen molar-refractivity contribution in [2.45, 2.75) is 32.9 Å². The predicted molar refractivity (Wildman–Crippen MR) is 72.0 cm³/mol. The first-order valence-corrected chi connectivity index (χ1v) is 5.81. The lowest BCUT2D eigenvalue weighted by Crippen LogP contribution is -2.37. The molecule has 0 bridgehead atoms. The summed E-state index contributed by atoms with van der Waals surface area (Å²) in [4.78, 5) is 25.0. The van der Waals surface area contributed by atoms with Crippen LogP contribution >= 0.6 is 0 Å². The molecule has 104 valence electrons. The van der Waals surface area contributed by atoms with Crippen LogP contribution < -0.4 is 11.0 Å². The maximum absolute atomic E-state index is 11.5. The maximum Gasteiger partial charge on any atom is 0.348 e. The van der Waals surface area contributed by atoms with E-state index in [1.165, 1.54) is 10.8 Å². The Balaban J connectivity index is 2.76. The zero-order chi connectivity index (χ0) is 14.6. The van der Waals surface area contributed by atoms with Gasteiger partial charge in [0.15, 0.2) is 0 Å². The Morgan fingerprint density at radius 3 is 2.74 bits per heavy atom. The number of nitrogens with one attached hydrogen (secondary N) is 1. The minimum Gasteiger partial charge on any atom is -0.308 e. The van der Waals surface area contributed by atoms with Gasteiger partial charge in [-0.25, -0.2) is 4.79 Å². The lowest BCUT2D eigenvalue weighted by atomic mass is 10.1. The number of aromatic nitrogens is 2. The zero-order valence-corrected chi connectivity index (χ0v) is 11.3. The average molecular weight is 266 g/mol. The quantitative estimate of drug-likeness (QED) is 0.489. The Morgan fingerprint density at radius 2 is 2.21 bits per heavy atom. The Morgan fingerprint density at radius 1 is 1.58 bits per heavy atom. The van der Waals surface area contributed by atoms with Gasteiger partial charge in [-0.2, -0.15) is 4.98 Å². The van der Waals surface area contributed by atoms with Gasteiger partial charge in [0.2, 0.25) is 0 Å². The third-order valence-electron chi connectivity index (χ3n) is 2.31. The van der Waals surface area contributed by atoms with E-state index in [0.29, 0.717) is 6.54 Å². The van der Waals surface area contributed by atoms with E-state index in [0.717, 1.165) is 11.8 Å². The molecule has 0 atom stereocenters. The molecule has 19 heavy (non-hydrogen) atoms. The van der Waals surface area contributed by atoms with E-state index in [1.807, 2.05) is 20.8 Å². The molecule has 0 aliphatic heterocycles. The Labute approximate surface area is 111 Å². The van der Waals surface area contributed by atoms with Crippen molar-refractivity contribution in [3.63, 3.8) is 0 Å². The van der Waals surface area contributed by atoms with Gasteiger partial charge >= 0.3 is 11.4 Å². The minimum atomic E-state index is -0.584. The average Bonchev–Trinajstić information content (AvgIpc) is 2.28. The van der Waals surface area contributed by atoms with Crippen LogP contribution in [0.15, 0.2) is 29.3 Å². The summed E-state index contributed by atoms with van der Waals surface area (Å²) in [6.07, 6.45) is 2.13. The molecule has 0 aliphatic rings. The van der Waals surface area contributed by atoms with Crippen molar-refractivity contribution in [1.82, 2.24) is 14.9 Å². The molecular weight excluding hydrogens is 248 g/mol. The van der Waals surface area contributed by atoms with Crippen molar-refractivity contribution in [3.8, 4) is 0 Å². The number of hydrogen-bond acceptors (Lipinski definition) is 5. The monoisotopic (exact) mass is 266 g/mol. The molecule has 0 saturated carbocycles. The summed E-state index contributed by atoms with van der Waals surface area (Å²) in [6.45, 7) is 10.6. The molecule has 1 heterocycles. The summed E-state index contributed by atoms with van der Waals surface area (Å²) in [5.41, 5.74) is -0.0486. The second-order valence-corrected chi connectivity index (χ2v) is 5.33.